The summed E-state index contributed by atoms with van der Waals surface area (Å²) >= 11 is 0. The van der Waals surface area contributed by atoms with E-state index in [2.05, 4.69) is 271 Å². The van der Waals surface area contributed by atoms with Gasteiger partial charge in [-0.2, -0.15) is 0 Å². The van der Waals surface area contributed by atoms with Gasteiger partial charge in [-0.1, -0.05) is 294 Å². The number of allylic oxidation sites excluding steroid dienone is 3. The van der Waals surface area contributed by atoms with E-state index in [-0.39, 0.29) is 5.41 Å². The number of aryl methyl sites for hydroxylation is 5. The molecule has 0 amide bonds. The van der Waals surface area contributed by atoms with Gasteiger partial charge >= 0.3 is 0 Å². The summed E-state index contributed by atoms with van der Waals surface area (Å²) in [6.45, 7) is 34.3. The lowest BCUT2D eigenvalue weighted by molar-refractivity contribution is 0.659. The minimum absolute atomic E-state index is 0.0194. The van der Waals surface area contributed by atoms with E-state index in [4.69, 9.17) is 0 Å². The first-order valence-corrected chi connectivity index (χ1v) is 32.7. The largest absolute Gasteiger partial charge is 0.316 e. The molecular formula is C85H96N2. The van der Waals surface area contributed by atoms with Crippen LogP contribution in [0.3, 0.4) is 0 Å². The molecule has 0 spiro atoms. The Kier molecular flexibility index (Phi) is 22.1. The van der Waals surface area contributed by atoms with Gasteiger partial charge in [0.1, 0.15) is 0 Å². The summed E-state index contributed by atoms with van der Waals surface area (Å²) in [6.07, 6.45) is 12.1. The van der Waals surface area contributed by atoms with Gasteiger partial charge in [-0.05, 0) is 151 Å². The van der Waals surface area contributed by atoms with Crippen LogP contribution in [0, 0.1) is 13.8 Å². The molecule has 0 bridgehead atoms. The molecule has 1 unspecified atom stereocenters. The summed E-state index contributed by atoms with van der Waals surface area (Å²) in [5.41, 5.74) is 28.9. The van der Waals surface area contributed by atoms with Crippen molar-refractivity contribution in [2.75, 3.05) is 0 Å². The molecule has 2 aliphatic carbocycles. The zero-order chi connectivity index (χ0) is 62.4. The van der Waals surface area contributed by atoms with E-state index in [9.17, 15) is 0 Å². The molecule has 0 N–H and O–H groups in total. The van der Waals surface area contributed by atoms with Crippen molar-refractivity contribution in [1.29, 1.82) is 0 Å². The van der Waals surface area contributed by atoms with E-state index in [1.165, 1.54) is 133 Å². The van der Waals surface area contributed by atoms with E-state index < -0.39 is 0 Å². The molecule has 14 rings (SSSR count). The van der Waals surface area contributed by atoms with Crippen LogP contribution in [0.1, 0.15) is 172 Å². The van der Waals surface area contributed by atoms with E-state index in [1.54, 1.807) is 5.56 Å². The fourth-order valence-corrected chi connectivity index (χ4v) is 13.0. The number of rotatable bonds is 8. The lowest BCUT2D eigenvalue weighted by Gasteiger charge is -2.23. The van der Waals surface area contributed by atoms with Gasteiger partial charge in [-0.25, -0.2) is 0 Å². The Morgan fingerprint density at radius 1 is 0.483 bits per heavy atom. The van der Waals surface area contributed by atoms with Gasteiger partial charge in [0.15, 0.2) is 0 Å². The second-order valence-electron chi connectivity index (χ2n) is 22.8. The minimum Gasteiger partial charge on any atom is -0.316 e. The first-order chi connectivity index (χ1) is 42.5. The zero-order valence-electron chi connectivity index (χ0n) is 55.4. The van der Waals surface area contributed by atoms with Crippen LogP contribution < -0.4 is 0 Å². The molecule has 1 atom stereocenters. The molecule has 3 aromatic heterocycles. The van der Waals surface area contributed by atoms with Crippen LogP contribution in [0.5, 0.6) is 0 Å². The molecule has 0 radical (unpaired) electrons. The highest BCUT2D eigenvalue weighted by molar-refractivity contribution is 6.14. The molecule has 0 fully saturated rings. The zero-order valence-corrected chi connectivity index (χ0v) is 55.4. The lowest BCUT2D eigenvalue weighted by Crippen LogP contribution is -2.15. The van der Waals surface area contributed by atoms with Gasteiger partial charge in [0.25, 0.3) is 0 Å². The maximum absolute atomic E-state index is 2.64. The van der Waals surface area contributed by atoms with Gasteiger partial charge in [-0.3, -0.25) is 0 Å². The highest BCUT2D eigenvalue weighted by Gasteiger charge is 2.36. The summed E-state index contributed by atoms with van der Waals surface area (Å²) in [7, 11) is 0. The third-order valence-electron chi connectivity index (χ3n) is 17.5. The molecule has 2 nitrogen and oxygen atoms in total. The Morgan fingerprint density at radius 3 is 1.67 bits per heavy atom. The summed E-state index contributed by atoms with van der Waals surface area (Å²) in [6, 6.07) is 75.4. The molecule has 0 saturated carbocycles. The van der Waals surface area contributed by atoms with Crippen molar-refractivity contribution in [2.24, 2.45) is 0 Å². The Morgan fingerprint density at radius 2 is 1.02 bits per heavy atom. The molecule has 0 aliphatic heterocycles. The topological polar surface area (TPSA) is 9.34 Å². The smallest absolute Gasteiger partial charge is 0.0619 e. The van der Waals surface area contributed by atoms with Crippen molar-refractivity contribution >= 4 is 43.7 Å². The average Bonchev–Trinajstić information content (AvgIpc) is 1.59. The molecular weight excluding hydrogens is 1050 g/mol. The number of nitrogens with zero attached hydrogens (tertiary/aromatic N) is 2. The first kappa shape index (κ1) is 64.5. The summed E-state index contributed by atoms with van der Waals surface area (Å²) in [5.74, 6) is 0.593. The van der Waals surface area contributed by atoms with Crippen molar-refractivity contribution in [3.63, 3.8) is 0 Å². The monoisotopic (exact) mass is 1140 g/mol. The van der Waals surface area contributed by atoms with Crippen molar-refractivity contribution in [1.82, 2.24) is 8.97 Å². The third-order valence-corrected chi connectivity index (χ3v) is 17.5. The Hall–Kier alpha value is -8.46. The second-order valence-corrected chi connectivity index (χ2v) is 22.8. The summed E-state index contributed by atoms with van der Waals surface area (Å²) < 4.78 is 5.05. The Balaban J connectivity index is 0.000000169. The van der Waals surface area contributed by atoms with Crippen LogP contribution in [0.2, 0.25) is 0 Å². The molecule has 2 aliphatic rings. The summed E-state index contributed by atoms with van der Waals surface area (Å²) in [4.78, 5) is 0. The average molecular weight is 1150 g/mol. The van der Waals surface area contributed by atoms with Gasteiger partial charge in [-0.15, -0.1) is 0 Å². The fourth-order valence-electron chi connectivity index (χ4n) is 13.0. The van der Waals surface area contributed by atoms with Crippen LogP contribution in [-0.2, 0) is 24.7 Å². The molecule has 0 saturated heterocycles. The maximum Gasteiger partial charge on any atom is 0.0619 e. The van der Waals surface area contributed by atoms with Crippen molar-refractivity contribution in [2.45, 2.75) is 154 Å². The second kappa shape index (κ2) is 29.8. The number of para-hydroxylation sites is 4. The predicted molar refractivity (Wildman–Crippen MR) is 385 cm³/mol. The highest BCUT2D eigenvalue weighted by atomic mass is 15.0. The number of hydrogen-bond donors (Lipinski definition) is 0. The Labute approximate surface area is 523 Å². The van der Waals surface area contributed by atoms with E-state index >= 15 is 0 Å². The summed E-state index contributed by atoms with van der Waals surface area (Å²) in [5, 5.41) is 5.48. The number of fused-ring (bicyclic) bond motifs is 9. The van der Waals surface area contributed by atoms with Gasteiger partial charge in [0.05, 0.1) is 16.6 Å². The quantitative estimate of drug-likeness (QED) is 0.134. The van der Waals surface area contributed by atoms with Crippen LogP contribution in [0.15, 0.2) is 224 Å². The van der Waals surface area contributed by atoms with E-state index in [0.717, 1.165) is 32.1 Å². The number of benzene rings is 9. The third kappa shape index (κ3) is 12.9. The lowest BCUT2D eigenvalue weighted by atomic mass is 9.80. The molecule has 87 heavy (non-hydrogen) atoms. The SMILES string of the molecule is C/C=C\C.CC.CC.CC.CCC(C)c1ccc(-c2cccc3c4ccccc4n(-c4ccccc4)c23)cc1.CCc1c(CC)n2c3c(c4cccc1c42)C(c1ccc2c(c1)C(C)(C)c1cc(C)ccc1-2)=CCC3.Cc1ccc(-c2ccccc2)cc1. The van der Waals surface area contributed by atoms with Gasteiger partial charge in [0.2, 0.25) is 0 Å². The van der Waals surface area contributed by atoms with Gasteiger partial charge < -0.3 is 8.97 Å². The van der Waals surface area contributed by atoms with Gasteiger partial charge in [0, 0.05) is 55.2 Å². The van der Waals surface area contributed by atoms with Crippen LogP contribution in [0.4, 0.5) is 0 Å². The standard InChI is InChI=1S/C34H33N.C28H25N.C13H12.C4H8.3C2H6/c1-6-22-26-11-8-12-27-32-23(10-9-13-31(32)35(33(26)27)30(22)7-2)21-15-17-25-24-16-14-20(3)18-28(24)34(4,5)29(25)19-21;1-3-20(2)21-16-18-22(19-17-21)24-13-9-14-26-25-12-7-8-15-27(25)29(28(24)26)23-10-5-4-6-11-23;1-11-7-9-13(10-8-11)12-5-3-2-4-6-12;1-3-4-2;3*1-2/h8,10-12,14-19H,6-7,9,13H2,1-5H3;4-20H,3H2,1-2H3;2-10H,1H3;3-4H,1-2H3;3*1-2H3/b;;;4-3-;;;. The predicted octanol–water partition coefficient (Wildman–Crippen LogP) is 24.9. The van der Waals surface area contributed by atoms with Crippen molar-refractivity contribution in [3.05, 3.63) is 280 Å². The van der Waals surface area contributed by atoms with Crippen LogP contribution >= 0.6 is 0 Å². The number of hydrogen-bond acceptors (Lipinski definition) is 0. The maximum atomic E-state index is 2.64. The molecule has 9 aromatic carbocycles. The van der Waals surface area contributed by atoms with E-state index in [1.807, 2.05) is 73.6 Å². The molecule has 12 aromatic rings. The highest BCUT2D eigenvalue weighted by Crippen LogP contribution is 2.51. The van der Waals surface area contributed by atoms with Crippen molar-refractivity contribution < 1.29 is 0 Å². The fraction of sp³-hybridized carbons (Fsp3) is 0.271. The minimum atomic E-state index is 0.0194. The molecule has 446 valence electrons. The molecule has 2 heteroatoms. The van der Waals surface area contributed by atoms with E-state index in [0.29, 0.717) is 5.92 Å². The molecule has 3 heterocycles. The van der Waals surface area contributed by atoms with Crippen molar-refractivity contribution in [3.8, 4) is 39.1 Å². The van der Waals surface area contributed by atoms with Crippen LogP contribution in [0.25, 0.3) is 82.7 Å². The Bertz CT molecular complexity index is 4210. The first-order valence-electron chi connectivity index (χ1n) is 32.7. The van der Waals surface area contributed by atoms with Crippen LogP contribution in [-0.4, -0.2) is 8.97 Å². The normalized spacial score (nSPS) is 12.7. The number of aromatic nitrogens is 2.